The summed E-state index contributed by atoms with van der Waals surface area (Å²) in [5.41, 5.74) is 5.71. The second-order valence-electron chi connectivity index (χ2n) is 4.37. The maximum atomic E-state index is 5.71. The van der Waals surface area contributed by atoms with E-state index in [-0.39, 0.29) is 0 Å². The van der Waals surface area contributed by atoms with Crippen LogP contribution in [0.25, 0.3) is 0 Å². The molecule has 1 fully saturated rings. The van der Waals surface area contributed by atoms with E-state index in [0.717, 1.165) is 19.8 Å². The van der Waals surface area contributed by atoms with Gasteiger partial charge in [0, 0.05) is 32.8 Å². The maximum Gasteiger partial charge on any atom is 0.0630 e. The molecular weight excluding hydrogens is 192 g/mol. The lowest BCUT2D eigenvalue weighted by Crippen LogP contribution is -2.44. The first-order valence-electron chi connectivity index (χ1n) is 5.75. The van der Waals surface area contributed by atoms with Gasteiger partial charge >= 0.3 is 0 Å². The Morgan fingerprint density at radius 2 is 2.40 bits per heavy atom. The van der Waals surface area contributed by atoms with Crippen molar-refractivity contribution in [3.05, 3.63) is 0 Å². The number of methoxy groups -OCH3 is 1. The fourth-order valence-corrected chi connectivity index (χ4v) is 2.08. The minimum atomic E-state index is 0.330. The van der Waals surface area contributed by atoms with Crippen LogP contribution < -0.4 is 5.73 Å². The zero-order valence-electron chi connectivity index (χ0n) is 9.95. The highest BCUT2D eigenvalue weighted by Crippen LogP contribution is 2.15. The van der Waals surface area contributed by atoms with Crippen molar-refractivity contribution in [3.63, 3.8) is 0 Å². The van der Waals surface area contributed by atoms with Gasteiger partial charge in [0.2, 0.25) is 0 Å². The molecule has 0 amide bonds. The molecule has 2 atom stereocenters. The number of hydrogen-bond donors (Lipinski definition) is 1. The van der Waals surface area contributed by atoms with Gasteiger partial charge in [0.15, 0.2) is 0 Å². The van der Waals surface area contributed by atoms with Gasteiger partial charge in [-0.3, -0.25) is 4.90 Å². The largest absolute Gasteiger partial charge is 0.383 e. The lowest BCUT2D eigenvalue weighted by molar-refractivity contribution is 0.0280. The Morgan fingerprint density at radius 1 is 1.60 bits per heavy atom. The van der Waals surface area contributed by atoms with Crippen LogP contribution in [0.5, 0.6) is 0 Å². The molecule has 0 aliphatic carbocycles. The SMILES string of the molecule is COCC(CN)N(C)CC1CCCOC1. The van der Waals surface area contributed by atoms with Crippen LogP contribution in [-0.2, 0) is 9.47 Å². The number of rotatable bonds is 6. The smallest absolute Gasteiger partial charge is 0.0630 e. The van der Waals surface area contributed by atoms with Crippen molar-refractivity contribution in [1.29, 1.82) is 0 Å². The fourth-order valence-electron chi connectivity index (χ4n) is 2.08. The Morgan fingerprint density at radius 3 is 2.93 bits per heavy atom. The zero-order chi connectivity index (χ0) is 11.1. The Kier molecular flexibility index (Phi) is 6.17. The van der Waals surface area contributed by atoms with Gasteiger partial charge in [-0.25, -0.2) is 0 Å². The number of nitrogens with zero attached hydrogens (tertiary/aromatic N) is 1. The number of likely N-dealkylation sites (N-methyl/N-ethyl adjacent to an activating group) is 1. The highest BCUT2D eigenvalue weighted by molar-refractivity contribution is 4.73. The summed E-state index contributed by atoms with van der Waals surface area (Å²) >= 11 is 0. The van der Waals surface area contributed by atoms with Crippen molar-refractivity contribution in [2.24, 2.45) is 11.7 Å². The van der Waals surface area contributed by atoms with E-state index in [1.165, 1.54) is 12.8 Å². The van der Waals surface area contributed by atoms with E-state index in [4.69, 9.17) is 15.2 Å². The summed E-state index contributed by atoms with van der Waals surface area (Å²) in [6.07, 6.45) is 2.46. The molecule has 1 aliphatic rings. The quantitative estimate of drug-likeness (QED) is 0.694. The topological polar surface area (TPSA) is 47.7 Å². The van der Waals surface area contributed by atoms with Crippen molar-refractivity contribution in [1.82, 2.24) is 4.90 Å². The molecule has 2 unspecified atom stereocenters. The molecule has 0 saturated carbocycles. The van der Waals surface area contributed by atoms with E-state index in [9.17, 15) is 0 Å². The van der Waals surface area contributed by atoms with Gasteiger partial charge in [-0.1, -0.05) is 0 Å². The van der Waals surface area contributed by atoms with Crippen LogP contribution in [0.15, 0.2) is 0 Å². The summed E-state index contributed by atoms with van der Waals surface area (Å²) in [5.74, 6) is 0.662. The van der Waals surface area contributed by atoms with Crippen molar-refractivity contribution >= 4 is 0 Å². The van der Waals surface area contributed by atoms with Crippen LogP contribution in [0.3, 0.4) is 0 Å². The third-order valence-electron chi connectivity index (χ3n) is 3.06. The molecule has 90 valence electrons. The molecule has 1 rings (SSSR count). The van der Waals surface area contributed by atoms with E-state index < -0.39 is 0 Å². The molecule has 4 nitrogen and oxygen atoms in total. The van der Waals surface area contributed by atoms with E-state index in [1.807, 2.05) is 0 Å². The van der Waals surface area contributed by atoms with Crippen LogP contribution >= 0.6 is 0 Å². The molecule has 15 heavy (non-hydrogen) atoms. The third-order valence-corrected chi connectivity index (χ3v) is 3.06. The molecule has 4 heteroatoms. The monoisotopic (exact) mass is 216 g/mol. The summed E-state index contributed by atoms with van der Waals surface area (Å²) in [7, 11) is 3.84. The molecule has 0 radical (unpaired) electrons. The average molecular weight is 216 g/mol. The first-order chi connectivity index (χ1) is 7.27. The van der Waals surface area contributed by atoms with Gasteiger partial charge in [0.25, 0.3) is 0 Å². The van der Waals surface area contributed by atoms with Crippen molar-refractivity contribution in [3.8, 4) is 0 Å². The summed E-state index contributed by atoms with van der Waals surface area (Å²) in [6.45, 7) is 4.25. The van der Waals surface area contributed by atoms with E-state index >= 15 is 0 Å². The van der Waals surface area contributed by atoms with E-state index in [1.54, 1.807) is 7.11 Å². The summed E-state index contributed by atoms with van der Waals surface area (Å²) in [6, 6.07) is 0.330. The Bertz CT molecular complexity index is 161. The van der Waals surface area contributed by atoms with Crippen molar-refractivity contribution in [2.75, 3.05) is 47.1 Å². The molecule has 1 saturated heterocycles. The zero-order valence-corrected chi connectivity index (χ0v) is 9.95. The van der Waals surface area contributed by atoms with Crippen molar-refractivity contribution in [2.45, 2.75) is 18.9 Å². The minimum absolute atomic E-state index is 0.330. The molecule has 0 aromatic rings. The average Bonchev–Trinajstić information content (AvgIpc) is 2.27. The van der Waals surface area contributed by atoms with Crippen LogP contribution in [0.1, 0.15) is 12.8 Å². The van der Waals surface area contributed by atoms with Crippen LogP contribution in [-0.4, -0.2) is 58.0 Å². The standard InChI is InChI=1S/C11H24N2O2/c1-13(11(6-12)9-14-2)7-10-4-3-5-15-8-10/h10-11H,3-9,12H2,1-2H3. The summed E-state index contributed by atoms with van der Waals surface area (Å²) in [5, 5.41) is 0. The van der Waals surface area contributed by atoms with Gasteiger partial charge in [-0.2, -0.15) is 0 Å². The fraction of sp³-hybridized carbons (Fsp3) is 1.00. The molecule has 1 heterocycles. The Balaban J connectivity index is 2.27. The van der Waals surface area contributed by atoms with Crippen LogP contribution in [0.4, 0.5) is 0 Å². The predicted octanol–water partition coefficient (Wildman–Crippen LogP) is 0.319. The molecule has 0 aromatic heterocycles. The number of nitrogens with two attached hydrogens (primary N) is 1. The number of ether oxygens (including phenoxy) is 2. The van der Waals surface area contributed by atoms with E-state index in [0.29, 0.717) is 25.1 Å². The van der Waals surface area contributed by atoms with Crippen LogP contribution in [0, 0.1) is 5.92 Å². The summed E-state index contributed by atoms with van der Waals surface area (Å²) in [4.78, 5) is 2.29. The predicted molar refractivity (Wildman–Crippen MR) is 60.9 cm³/mol. The molecule has 0 aromatic carbocycles. The van der Waals surface area contributed by atoms with Gasteiger partial charge in [-0.15, -0.1) is 0 Å². The Labute approximate surface area is 92.7 Å². The van der Waals surface area contributed by atoms with E-state index in [2.05, 4.69) is 11.9 Å². The van der Waals surface area contributed by atoms with Gasteiger partial charge < -0.3 is 15.2 Å². The second kappa shape index (κ2) is 7.17. The summed E-state index contributed by atoms with van der Waals surface area (Å²) < 4.78 is 10.6. The lowest BCUT2D eigenvalue weighted by Gasteiger charge is -2.31. The second-order valence-corrected chi connectivity index (χ2v) is 4.37. The van der Waals surface area contributed by atoms with Crippen molar-refractivity contribution < 1.29 is 9.47 Å². The molecule has 1 aliphatic heterocycles. The van der Waals surface area contributed by atoms with Crippen LogP contribution in [0.2, 0.25) is 0 Å². The molecule has 2 N–H and O–H groups in total. The highest BCUT2D eigenvalue weighted by Gasteiger charge is 2.19. The van der Waals surface area contributed by atoms with Gasteiger partial charge in [0.05, 0.1) is 13.2 Å². The third kappa shape index (κ3) is 4.47. The van der Waals surface area contributed by atoms with Gasteiger partial charge in [0.1, 0.15) is 0 Å². The molecule has 0 bridgehead atoms. The minimum Gasteiger partial charge on any atom is -0.383 e. The highest BCUT2D eigenvalue weighted by atomic mass is 16.5. The molecular formula is C11H24N2O2. The van der Waals surface area contributed by atoms with Gasteiger partial charge in [-0.05, 0) is 25.8 Å². The normalized spacial score (nSPS) is 24.4. The molecule has 0 spiro atoms. The maximum absolute atomic E-state index is 5.71. The lowest BCUT2D eigenvalue weighted by atomic mass is 10.0. The first-order valence-corrected chi connectivity index (χ1v) is 5.75. The Hall–Kier alpha value is -0.160. The number of hydrogen-bond acceptors (Lipinski definition) is 4. The first kappa shape index (κ1) is 12.9.